The Morgan fingerprint density at radius 2 is 2.25 bits per heavy atom. The predicted octanol–water partition coefficient (Wildman–Crippen LogP) is 2.50. The van der Waals surface area contributed by atoms with E-state index in [1.165, 1.54) is 5.01 Å². The van der Waals surface area contributed by atoms with Gasteiger partial charge in [0.15, 0.2) is 4.96 Å². The molecule has 0 fully saturated rings. The lowest BCUT2D eigenvalue weighted by Crippen LogP contribution is -2.18. The van der Waals surface area contributed by atoms with Gasteiger partial charge in [0.1, 0.15) is 5.69 Å². The minimum absolute atomic E-state index is 0.703. The van der Waals surface area contributed by atoms with E-state index < -0.39 is 0 Å². The summed E-state index contributed by atoms with van der Waals surface area (Å²) in [5.74, 6) is 0.703. The fraction of sp³-hybridized carbons (Fsp3) is 0.385. The summed E-state index contributed by atoms with van der Waals surface area (Å²) in [5.41, 5.74) is 2.17. The molecule has 1 N–H and O–H groups in total. The van der Waals surface area contributed by atoms with Gasteiger partial charge in [-0.25, -0.2) is 4.98 Å². The van der Waals surface area contributed by atoms with Crippen molar-refractivity contribution in [1.29, 1.82) is 0 Å². The van der Waals surface area contributed by atoms with Crippen LogP contribution in [0.25, 0.3) is 4.96 Å². The second-order valence-corrected chi connectivity index (χ2v) is 6.25. The maximum absolute atomic E-state index is 5.33. The van der Waals surface area contributed by atoms with Gasteiger partial charge in [-0.2, -0.15) is 4.98 Å². The summed E-state index contributed by atoms with van der Waals surface area (Å²) >= 11 is 3.33. The number of imidazole rings is 1. The van der Waals surface area contributed by atoms with Gasteiger partial charge >= 0.3 is 0 Å². The SMILES string of the molecule is COc1nc2sccn2c1CNCCc1nc(C)cs1. The third kappa shape index (κ3) is 2.70. The first-order valence-electron chi connectivity index (χ1n) is 6.38. The summed E-state index contributed by atoms with van der Waals surface area (Å²) in [5, 5.41) is 8.73. The topological polar surface area (TPSA) is 51.5 Å². The fourth-order valence-electron chi connectivity index (χ4n) is 2.06. The van der Waals surface area contributed by atoms with E-state index in [0.29, 0.717) is 5.88 Å². The average molecular weight is 308 g/mol. The van der Waals surface area contributed by atoms with Crippen molar-refractivity contribution in [3.05, 3.63) is 33.4 Å². The average Bonchev–Trinajstić information content (AvgIpc) is 3.11. The predicted molar refractivity (Wildman–Crippen MR) is 81.9 cm³/mol. The summed E-state index contributed by atoms with van der Waals surface area (Å²) in [6.45, 7) is 3.66. The van der Waals surface area contributed by atoms with Crippen LogP contribution in [-0.4, -0.2) is 28.0 Å². The zero-order chi connectivity index (χ0) is 13.9. The molecule has 0 aromatic carbocycles. The van der Waals surface area contributed by atoms with E-state index in [1.807, 2.05) is 18.5 Å². The third-order valence-electron chi connectivity index (χ3n) is 2.99. The number of ether oxygens (including phenoxy) is 1. The number of nitrogens with one attached hydrogen (secondary N) is 1. The number of aryl methyl sites for hydroxylation is 1. The van der Waals surface area contributed by atoms with Gasteiger partial charge in [0, 0.05) is 42.2 Å². The number of hydrogen-bond donors (Lipinski definition) is 1. The fourth-order valence-corrected chi connectivity index (χ4v) is 3.56. The highest BCUT2D eigenvalue weighted by atomic mass is 32.1. The Morgan fingerprint density at radius 1 is 1.35 bits per heavy atom. The molecule has 3 rings (SSSR count). The molecule has 0 saturated carbocycles. The molecule has 0 amide bonds. The highest BCUT2D eigenvalue weighted by Gasteiger charge is 2.12. The smallest absolute Gasteiger partial charge is 0.237 e. The van der Waals surface area contributed by atoms with E-state index in [0.717, 1.165) is 35.9 Å². The van der Waals surface area contributed by atoms with Crippen LogP contribution in [0, 0.1) is 6.92 Å². The quantitative estimate of drug-likeness (QED) is 0.711. The van der Waals surface area contributed by atoms with Crippen molar-refractivity contribution >= 4 is 27.6 Å². The molecule has 0 saturated heterocycles. The summed E-state index contributed by atoms with van der Waals surface area (Å²) in [6.07, 6.45) is 2.98. The highest BCUT2D eigenvalue weighted by molar-refractivity contribution is 7.15. The third-order valence-corrected chi connectivity index (χ3v) is 4.78. The standard InChI is InChI=1S/C13H16N4OS2/c1-9-8-20-11(15-9)3-4-14-7-10-12(18-2)16-13-17(10)5-6-19-13/h5-6,8,14H,3-4,7H2,1-2H3. The molecule has 0 spiro atoms. The molecule has 0 aliphatic heterocycles. The normalized spacial score (nSPS) is 11.3. The van der Waals surface area contributed by atoms with Crippen molar-refractivity contribution in [2.75, 3.05) is 13.7 Å². The van der Waals surface area contributed by atoms with Crippen LogP contribution in [-0.2, 0) is 13.0 Å². The highest BCUT2D eigenvalue weighted by Crippen LogP contribution is 2.22. The molecule has 0 atom stereocenters. The molecule has 7 heteroatoms. The van der Waals surface area contributed by atoms with Gasteiger partial charge in [0.25, 0.3) is 0 Å². The van der Waals surface area contributed by atoms with Crippen LogP contribution < -0.4 is 10.1 Å². The lowest BCUT2D eigenvalue weighted by Gasteiger charge is -2.04. The molecule has 0 unspecified atom stereocenters. The molecule has 0 radical (unpaired) electrons. The van der Waals surface area contributed by atoms with Crippen molar-refractivity contribution in [2.45, 2.75) is 19.9 Å². The van der Waals surface area contributed by atoms with Crippen LogP contribution in [0.3, 0.4) is 0 Å². The zero-order valence-corrected chi connectivity index (χ0v) is 13.1. The van der Waals surface area contributed by atoms with Gasteiger partial charge < -0.3 is 10.1 Å². The lowest BCUT2D eigenvalue weighted by atomic mass is 10.4. The summed E-state index contributed by atoms with van der Waals surface area (Å²) in [6, 6.07) is 0. The molecule has 0 aliphatic rings. The Kier molecular flexibility index (Phi) is 4.00. The minimum atomic E-state index is 0.703. The molecule has 3 aromatic rings. The van der Waals surface area contributed by atoms with Gasteiger partial charge in [-0.15, -0.1) is 22.7 Å². The Balaban J connectivity index is 1.60. The second kappa shape index (κ2) is 5.90. The van der Waals surface area contributed by atoms with E-state index >= 15 is 0 Å². The Hall–Kier alpha value is -1.44. The van der Waals surface area contributed by atoms with E-state index in [9.17, 15) is 0 Å². The van der Waals surface area contributed by atoms with Crippen molar-refractivity contribution in [3.8, 4) is 5.88 Å². The monoisotopic (exact) mass is 308 g/mol. The van der Waals surface area contributed by atoms with Crippen molar-refractivity contribution in [1.82, 2.24) is 19.7 Å². The first kappa shape index (κ1) is 13.5. The van der Waals surface area contributed by atoms with E-state index in [2.05, 4.69) is 25.1 Å². The van der Waals surface area contributed by atoms with Crippen molar-refractivity contribution in [3.63, 3.8) is 0 Å². The Labute approximate surface area is 125 Å². The largest absolute Gasteiger partial charge is 0.480 e. The molecule has 3 aromatic heterocycles. The lowest BCUT2D eigenvalue weighted by molar-refractivity contribution is 0.393. The molecule has 0 bridgehead atoms. The van der Waals surface area contributed by atoms with Gasteiger partial charge in [-0.05, 0) is 6.92 Å². The summed E-state index contributed by atoms with van der Waals surface area (Å²) in [7, 11) is 1.66. The Bertz CT molecular complexity index is 700. The van der Waals surface area contributed by atoms with Crippen LogP contribution in [0.5, 0.6) is 5.88 Å². The number of rotatable bonds is 6. The number of hydrogen-bond acceptors (Lipinski definition) is 6. The van der Waals surface area contributed by atoms with Gasteiger partial charge in [-0.1, -0.05) is 0 Å². The number of nitrogens with zero attached hydrogens (tertiary/aromatic N) is 3. The van der Waals surface area contributed by atoms with Gasteiger partial charge in [-0.3, -0.25) is 4.40 Å². The molecule has 3 heterocycles. The molecular weight excluding hydrogens is 292 g/mol. The second-order valence-electron chi connectivity index (χ2n) is 4.43. The number of fused-ring (bicyclic) bond motifs is 1. The van der Waals surface area contributed by atoms with Crippen molar-refractivity contribution < 1.29 is 4.74 Å². The summed E-state index contributed by atoms with van der Waals surface area (Å²) in [4.78, 5) is 9.87. The summed E-state index contributed by atoms with van der Waals surface area (Å²) < 4.78 is 7.41. The molecule has 106 valence electrons. The molecule has 0 aliphatic carbocycles. The van der Waals surface area contributed by atoms with Gasteiger partial charge in [0.2, 0.25) is 5.88 Å². The first-order valence-corrected chi connectivity index (χ1v) is 8.14. The van der Waals surface area contributed by atoms with E-state index in [-0.39, 0.29) is 0 Å². The maximum Gasteiger partial charge on any atom is 0.237 e. The molecule has 5 nitrogen and oxygen atoms in total. The van der Waals surface area contributed by atoms with Gasteiger partial charge in [0.05, 0.1) is 12.1 Å². The zero-order valence-electron chi connectivity index (χ0n) is 11.4. The van der Waals surface area contributed by atoms with E-state index in [4.69, 9.17) is 4.74 Å². The number of methoxy groups -OCH3 is 1. The Morgan fingerprint density at radius 3 is 3.00 bits per heavy atom. The van der Waals surface area contributed by atoms with Crippen LogP contribution >= 0.6 is 22.7 Å². The number of aromatic nitrogens is 3. The van der Waals surface area contributed by atoms with E-state index in [1.54, 1.807) is 29.8 Å². The van der Waals surface area contributed by atoms with Crippen molar-refractivity contribution in [2.24, 2.45) is 0 Å². The molecular formula is C13H16N4OS2. The molecule has 20 heavy (non-hydrogen) atoms. The van der Waals surface area contributed by atoms with Crippen LogP contribution in [0.4, 0.5) is 0 Å². The minimum Gasteiger partial charge on any atom is -0.480 e. The number of thiazole rings is 2. The van der Waals surface area contributed by atoms with Crippen LogP contribution in [0.1, 0.15) is 16.4 Å². The van der Waals surface area contributed by atoms with Crippen LogP contribution in [0.15, 0.2) is 17.0 Å². The first-order chi connectivity index (χ1) is 9.78. The van der Waals surface area contributed by atoms with Crippen LogP contribution in [0.2, 0.25) is 0 Å². The maximum atomic E-state index is 5.33.